The molecular weight excluding hydrogens is 347 g/mol. The minimum absolute atomic E-state index is 0.122. The smallest absolute Gasteiger partial charge is 0.391 e. The van der Waals surface area contributed by atoms with Crippen LogP contribution in [-0.2, 0) is 6.42 Å². The van der Waals surface area contributed by atoms with Crippen molar-refractivity contribution in [2.75, 3.05) is 7.11 Å². The van der Waals surface area contributed by atoms with Crippen molar-refractivity contribution in [1.29, 1.82) is 0 Å². The molecular formula is C15H19BrF3NO. The van der Waals surface area contributed by atoms with Crippen LogP contribution in [0, 0.1) is 5.92 Å². The van der Waals surface area contributed by atoms with Crippen molar-refractivity contribution in [1.82, 2.24) is 0 Å². The highest BCUT2D eigenvalue weighted by molar-refractivity contribution is 9.10. The molecule has 1 saturated carbocycles. The molecule has 0 spiro atoms. The van der Waals surface area contributed by atoms with Gasteiger partial charge in [0.25, 0.3) is 0 Å². The average molecular weight is 366 g/mol. The Morgan fingerprint density at radius 3 is 2.43 bits per heavy atom. The molecule has 1 aliphatic rings. The Morgan fingerprint density at radius 1 is 1.33 bits per heavy atom. The molecule has 0 unspecified atom stereocenters. The Bertz CT molecular complexity index is 496. The lowest BCUT2D eigenvalue weighted by Crippen LogP contribution is -2.47. The van der Waals surface area contributed by atoms with Gasteiger partial charge in [-0.3, -0.25) is 0 Å². The first kappa shape index (κ1) is 16.6. The third kappa shape index (κ3) is 4.13. The van der Waals surface area contributed by atoms with Crippen molar-refractivity contribution in [3.63, 3.8) is 0 Å². The van der Waals surface area contributed by atoms with Gasteiger partial charge in [0.1, 0.15) is 5.75 Å². The second-order valence-electron chi connectivity index (χ2n) is 5.82. The van der Waals surface area contributed by atoms with Gasteiger partial charge < -0.3 is 10.5 Å². The summed E-state index contributed by atoms with van der Waals surface area (Å²) < 4.78 is 44.1. The van der Waals surface area contributed by atoms with Crippen LogP contribution in [0.5, 0.6) is 5.75 Å². The van der Waals surface area contributed by atoms with E-state index in [-0.39, 0.29) is 12.8 Å². The summed E-state index contributed by atoms with van der Waals surface area (Å²) in [6.07, 6.45) is -2.46. The summed E-state index contributed by atoms with van der Waals surface area (Å²) in [6.45, 7) is 0. The van der Waals surface area contributed by atoms with Gasteiger partial charge in [-0.15, -0.1) is 0 Å². The van der Waals surface area contributed by atoms with E-state index in [1.54, 1.807) is 7.11 Å². The summed E-state index contributed by atoms with van der Waals surface area (Å²) in [5.41, 5.74) is 6.77. The van der Waals surface area contributed by atoms with Crippen LogP contribution < -0.4 is 10.5 Å². The molecule has 1 aromatic rings. The van der Waals surface area contributed by atoms with E-state index in [0.717, 1.165) is 15.8 Å². The lowest BCUT2D eigenvalue weighted by molar-refractivity contribution is -0.184. The van der Waals surface area contributed by atoms with Crippen LogP contribution in [0.2, 0.25) is 0 Å². The first-order valence-corrected chi connectivity index (χ1v) is 7.71. The Labute approximate surface area is 131 Å². The number of hydrogen-bond donors (Lipinski definition) is 1. The molecule has 0 radical (unpaired) electrons. The quantitative estimate of drug-likeness (QED) is 0.858. The average Bonchev–Trinajstić information content (AvgIpc) is 2.38. The minimum atomic E-state index is -4.09. The molecule has 118 valence electrons. The molecule has 2 N–H and O–H groups in total. The second kappa shape index (κ2) is 6.16. The van der Waals surface area contributed by atoms with Gasteiger partial charge in [-0.25, -0.2) is 0 Å². The fourth-order valence-corrected chi connectivity index (χ4v) is 3.51. The van der Waals surface area contributed by atoms with Gasteiger partial charge in [0, 0.05) is 5.54 Å². The summed E-state index contributed by atoms with van der Waals surface area (Å²) in [5.74, 6) is -0.470. The standard InChI is InChI=1S/C15H19BrF3NO/c1-21-13-3-2-10(8-12(13)16)9-14(20)6-4-11(5-7-14)15(17,18)19/h2-3,8,11H,4-7,9,20H2,1H3. The van der Waals surface area contributed by atoms with Gasteiger partial charge in [0.2, 0.25) is 0 Å². The maximum atomic E-state index is 12.7. The Morgan fingerprint density at radius 2 is 1.95 bits per heavy atom. The second-order valence-corrected chi connectivity index (χ2v) is 6.68. The van der Waals surface area contributed by atoms with Crippen molar-refractivity contribution >= 4 is 15.9 Å². The van der Waals surface area contributed by atoms with Crippen molar-refractivity contribution < 1.29 is 17.9 Å². The summed E-state index contributed by atoms with van der Waals surface area (Å²) in [5, 5.41) is 0. The predicted octanol–water partition coefficient (Wildman–Crippen LogP) is 4.45. The number of methoxy groups -OCH3 is 1. The van der Waals surface area contributed by atoms with E-state index < -0.39 is 17.6 Å². The maximum Gasteiger partial charge on any atom is 0.391 e. The van der Waals surface area contributed by atoms with E-state index in [2.05, 4.69) is 15.9 Å². The van der Waals surface area contributed by atoms with Gasteiger partial charge in [-0.2, -0.15) is 13.2 Å². The summed E-state index contributed by atoms with van der Waals surface area (Å²) in [6, 6.07) is 5.67. The summed E-state index contributed by atoms with van der Waals surface area (Å²) in [4.78, 5) is 0. The first-order valence-electron chi connectivity index (χ1n) is 6.91. The fraction of sp³-hybridized carbons (Fsp3) is 0.600. The Hall–Kier alpha value is -0.750. The first-order chi connectivity index (χ1) is 9.73. The normalized spacial score (nSPS) is 26.7. The van der Waals surface area contributed by atoms with E-state index in [9.17, 15) is 13.2 Å². The molecule has 2 nitrogen and oxygen atoms in total. The van der Waals surface area contributed by atoms with Crippen molar-refractivity contribution in [3.05, 3.63) is 28.2 Å². The SMILES string of the molecule is COc1ccc(CC2(N)CCC(C(F)(F)F)CC2)cc1Br. The molecule has 21 heavy (non-hydrogen) atoms. The zero-order valence-electron chi connectivity index (χ0n) is 11.8. The molecule has 0 saturated heterocycles. The topological polar surface area (TPSA) is 35.2 Å². The zero-order valence-corrected chi connectivity index (χ0v) is 13.4. The number of alkyl halides is 3. The fourth-order valence-electron chi connectivity index (χ4n) is 2.92. The van der Waals surface area contributed by atoms with Crippen LogP contribution in [0.25, 0.3) is 0 Å². The number of benzene rings is 1. The molecule has 1 aromatic carbocycles. The molecule has 0 aromatic heterocycles. The molecule has 0 atom stereocenters. The number of ether oxygens (including phenoxy) is 1. The third-order valence-corrected chi connectivity index (χ3v) is 4.84. The van der Waals surface area contributed by atoms with Crippen LogP contribution in [0.3, 0.4) is 0 Å². The van der Waals surface area contributed by atoms with Crippen molar-refractivity contribution in [3.8, 4) is 5.75 Å². The number of halogens is 4. The lowest BCUT2D eigenvalue weighted by atomic mass is 9.74. The van der Waals surface area contributed by atoms with E-state index >= 15 is 0 Å². The predicted molar refractivity (Wildman–Crippen MR) is 79.3 cm³/mol. The van der Waals surface area contributed by atoms with Gasteiger partial charge in [-0.05, 0) is 65.7 Å². The molecule has 1 aliphatic carbocycles. The van der Waals surface area contributed by atoms with E-state index in [1.807, 2.05) is 18.2 Å². The minimum Gasteiger partial charge on any atom is -0.496 e. The van der Waals surface area contributed by atoms with E-state index in [0.29, 0.717) is 19.3 Å². The molecule has 0 heterocycles. The monoisotopic (exact) mass is 365 g/mol. The Balaban J connectivity index is 2.02. The highest BCUT2D eigenvalue weighted by Crippen LogP contribution is 2.41. The lowest BCUT2D eigenvalue weighted by Gasteiger charge is -2.38. The third-order valence-electron chi connectivity index (χ3n) is 4.22. The highest BCUT2D eigenvalue weighted by Gasteiger charge is 2.44. The largest absolute Gasteiger partial charge is 0.496 e. The van der Waals surface area contributed by atoms with E-state index in [1.165, 1.54) is 0 Å². The van der Waals surface area contributed by atoms with Crippen molar-refractivity contribution in [2.45, 2.75) is 43.8 Å². The van der Waals surface area contributed by atoms with Gasteiger partial charge in [0.15, 0.2) is 0 Å². The van der Waals surface area contributed by atoms with Gasteiger partial charge in [0.05, 0.1) is 17.5 Å². The van der Waals surface area contributed by atoms with Gasteiger partial charge in [-0.1, -0.05) is 6.07 Å². The highest BCUT2D eigenvalue weighted by atomic mass is 79.9. The Kier molecular flexibility index (Phi) is 4.88. The molecule has 2 rings (SSSR count). The molecule has 0 bridgehead atoms. The molecule has 6 heteroatoms. The van der Waals surface area contributed by atoms with Gasteiger partial charge >= 0.3 is 6.18 Å². The molecule has 0 aliphatic heterocycles. The van der Waals surface area contributed by atoms with Crippen LogP contribution in [0.1, 0.15) is 31.2 Å². The molecule has 0 amide bonds. The van der Waals surface area contributed by atoms with Crippen LogP contribution in [0.15, 0.2) is 22.7 Å². The van der Waals surface area contributed by atoms with E-state index in [4.69, 9.17) is 10.5 Å². The van der Waals surface area contributed by atoms with Crippen LogP contribution in [-0.4, -0.2) is 18.8 Å². The number of nitrogens with two attached hydrogens (primary N) is 1. The number of rotatable bonds is 3. The van der Waals surface area contributed by atoms with Crippen molar-refractivity contribution in [2.24, 2.45) is 11.7 Å². The van der Waals surface area contributed by atoms with Crippen LogP contribution >= 0.6 is 15.9 Å². The maximum absolute atomic E-state index is 12.7. The van der Waals surface area contributed by atoms with Crippen LogP contribution in [0.4, 0.5) is 13.2 Å². The summed E-state index contributed by atoms with van der Waals surface area (Å²) >= 11 is 3.41. The summed E-state index contributed by atoms with van der Waals surface area (Å²) in [7, 11) is 1.59. The molecule has 1 fully saturated rings. The number of hydrogen-bond acceptors (Lipinski definition) is 2. The zero-order chi connectivity index (χ0) is 15.7.